The van der Waals surface area contributed by atoms with Gasteiger partial charge in [-0.1, -0.05) is 18.2 Å². The summed E-state index contributed by atoms with van der Waals surface area (Å²) in [6.45, 7) is 1.35. The molecule has 1 fully saturated rings. The quantitative estimate of drug-likeness (QED) is 0.937. The lowest BCUT2D eigenvalue weighted by atomic mass is 10.0. The molecule has 4 nitrogen and oxygen atoms in total. The van der Waals surface area contributed by atoms with Crippen LogP contribution in [0.4, 0.5) is 10.2 Å². The Bertz CT molecular complexity index is 625. The van der Waals surface area contributed by atoms with Crippen molar-refractivity contribution in [3.05, 3.63) is 47.9 Å². The van der Waals surface area contributed by atoms with Gasteiger partial charge in [0.2, 0.25) is 0 Å². The average molecular weight is 288 g/mol. The maximum Gasteiger partial charge on any atom is 0.136 e. The zero-order valence-corrected chi connectivity index (χ0v) is 11.8. The number of ether oxygens (including phenoxy) is 1. The van der Waals surface area contributed by atoms with E-state index >= 15 is 0 Å². The van der Waals surface area contributed by atoms with Gasteiger partial charge in [0.15, 0.2) is 0 Å². The van der Waals surface area contributed by atoms with Crippen molar-refractivity contribution in [2.75, 3.05) is 25.1 Å². The molecule has 1 N–H and O–H groups in total. The number of anilines is 1. The van der Waals surface area contributed by atoms with Crippen LogP contribution in [-0.4, -0.2) is 36.4 Å². The van der Waals surface area contributed by atoms with Gasteiger partial charge in [0.05, 0.1) is 12.7 Å². The molecule has 0 amide bonds. The van der Waals surface area contributed by atoms with Gasteiger partial charge in [-0.2, -0.15) is 0 Å². The molecular weight excluding hydrogens is 271 g/mol. The molecule has 1 aromatic heterocycles. The molecule has 0 atom stereocenters. The number of hydrogen-bond donors (Lipinski definition) is 1. The molecule has 110 valence electrons. The van der Waals surface area contributed by atoms with E-state index in [1.165, 1.54) is 0 Å². The molecule has 0 saturated carbocycles. The Morgan fingerprint density at radius 3 is 2.76 bits per heavy atom. The zero-order valence-electron chi connectivity index (χ0n) is 11.8. The van der Waals surface area contributed by atoms with E-state index in [-0.39, 0.29) is 12.7 Å². The molecule has 1 aromatic carbocycles. The number of methoxy groups -OCH3 is 1. The molecule has 2 aromatic rings. The highest BCUT2D eigenvalue weighted by molar-refractivity contribution is 5.65. The summed E-state index contributed by atoms with van der Waals surface area (Å²) >= 11 is 0. The van der Waals surface area contributed by atoms with E-state index < -0.39 is 5.82 Å². The predicted octanol–water partition coefficient (Wildman–Crippen LogP) is 2.21. The first-order valence-electron chi connectivity index (χ1n) is 6.85. The number of hydrogen-bond acceptors (Lipinski definition) is 4. The maximum atomic E-state index is 14.2. The summed E-state index contributed by atoms with van der Waals surface area (Å²) in [5.74, 6) is 0.476. The molecular formula is C16H17FN2O2. The lowest BCUT2D eigenvalue weighted by molar-refractivity contribution is 0.0783. The van der Waals surface area contributed by atoms with Gasteiger partial charge in [0.1, 0.15) is 11.6 Å². The van der Waals surface area contributed by atoms with Crippen LogP contribution in [0.5, 0.6) is 0 Å². The first-order valence-corrected chi connectivity index (χ1v) is 6.85. The van der Waals surface area contributed by atoms with Crippen LogP contribution < -0.4 is 4.90 Å². The van der Waals surface area contributed by atoms with Gasteiger partial charge in [0, 0.05) is 43.1 Å². The number of nitrogens with zero attached hydrogens (tertiary/aromatic N) is 2. The fourth-order valence-corrected chi connectivity index (χ4v) is 2.43. The molecule has 1 aliphatic rings. The van der Waals surface area contributed by atoms with Gasteiger partial charge in [-0.05, 0) is 12.1 Å². The Kier molecular flexibility index (Phi) is 3.86. The van der Waals surface area contributed by atoms with Crippen LogP contribution in [0.1, 0.15) is 5.56 Å². The Hall–Kier alpha value is -1.98. The van der Waals surface area contributed by atoms with Crippen LogP contribution in [-0.2, 0) is 11.3 Å². The number of aromatic nitrogens is 1. The van der Waals surface area contributed by atoms with E-state index in [1.54, 1.807) is 31.5 Å². The van der Waals surface area contributed by atoms with E-state index in [0.29, 0.717) is 16.7 Å². The van der Waals surface area contributed by atoms with Gasteiger partial charge in [-0.25, -0.2) is 9.37 Å². The van der Waals surface area contributed by atoms with Crippen molar-refractivity contribution in [3.63, 3.8) is 0 Å². The van der Waals surface area contributed by atoms with Gasteiger partial charge >= 0.3 is 0 Å². The summed E-state index contributed by atoms with van der Waals surface area (Å²) in [6.07, 6.45) is 1.93. The molecule has 0 bridgehead atoms. The van der Waals surface area contributed by atoms with E-state index in [1.807, 2.05) is 12.1 Å². The molecule has 0 aliphatic carbocycles. The number of benzene rings is 1. The van der Waals surface area contributed by atoms with Crippen LogP contribution in [0.3, 0.4) is 0 Å². The molecule has 1 aliphatic heterocycles. The summed E-state index contributed by atoms with van der Waals surface area (Å²) in [7, 11) is 1.70. The van der Waals surface area contributed by atoms with Crippen LogP contribution in [0.25, 0.3) is 11.1 Å². The third-order valence-corrected chi connectivity index (χ3v) is 3.81. The number of aliphatic hydroxyl groups excluding tert-OH is 1. The molecule has 2 heterocycles. The minimum atomic E-state index is -0.391. The maximum absolute atomic E-state index is 14.2. The number of rotatable bonds is 4. The Morgan fingerprint density at radius 1 is 1.33 bits per heavy atom. The second-order valence-electron chi connectivity index (χ2n) is 5.10. The average Bonchev–Trinajstić information content (AvgIpc) is 2.47. The minimum Gasteiger partial charge on any atom is -0.392 e. The summed E-state index contributed by atoms with van der Waals surface area (Å²) in [6, 6.07) is 8.73. The summed E-state index contributed by atoms with van der Waals surface area (Å²) in [5.41, 5.74) is 1.46. The molecule has 21 heavy (non-hydrogen) atoms. The molecule has 0 radical (unpaired) electrons. The Morgan fingerprint density at radius 2 is 2.14 bits per heavy atom. The SMILES string of the molecule is COC1CN(c2ccc(-c3cccc(CO)c3F)cn2)C1. The fraction of sp³-hybridized carbons (Fsp3) is 0.312. The highest BCUT2D eigenvalue weighted by Gasteiger charge is 2.27. The van der Waals surface area contributed by atoms with Crippen LogP contribution in [0.2, 0.25) is 0 Å². The zero-order chi connectivity index (χ0) is 14.8. The topological polar surface area (TPSA) is 45.6 Å². The van der Waals surface area contributed by atoms with E-state index in [4.69, 9.17) is 9.84 Å². The summed E-state index contributed by atoms with van der Waals surface area (Å²) < 4.78 is 19.4. The highest BCUT2D eigenvalue weighted by atomic mass is 19.1. The Balaban J connectivity index is 1.82. The number of halogens is 1. The number of pyridine rings is 1. The minimum absolute atomic E-state index is 0.269. The van der Waals surface area contributed by atoms with Crippen LogP contribution >= 0.6 is 0 Å². The summed E-state index contributed by atoms with van der Waals surface area (Å²) in [5, 5.41) is 9.12. The fourth-order valence-electron chi connectivity index (χ4n) is 2.43. The van der Waals surface area contributed by atoms with Crippen molar-refractivity contribution >= 4 is 5.82 Å². The standard InChI is InChI=1S/C16H17FN2O2/c1-21-13-8-19(9-13)15-6-5-11(7-18-15)14-4-2-3-12(10-20)16(14)17/h2-7,13,20H,8-10H2,1H3. The largest absolute Gasteiger partial charge is 0.392 e. The predicted molar refractivity (Wildman–Crippen MR) is 78.6 cm³/mol. The number of aliphatic hydroxyl groups is 1. The molecule has 0 unspecified atom stereocenters. The van der Waals surface area contributed by atoms with Crippen molar-refractivity contribution in [3.8, 4) is 11.1 Å². The monoisotopic (exact) mass is 288 g/mol. The first kappa shape index (κ1) is 14.0. The van der Waals surface area contributed by atoms with Crippen molar-refractivity contribution < 1.29 is 14.2 Å². The van der Waals surface area contributed by atoms with Crippen molar-refractivity contribution in [2.24, 2.45) is 0 Å². The van der Waals surface area contributed by atoms with Crippen LogP contribution in [0, 0.1) is 5.82 Å². The second kappa shape index (κ2) is 5.79. The van der Waals surface area contributed by atoms with Crippen molar-refractivity contribution in [1.82, 2.24) is 4.98 Å². The highest BCUT2D eigenvalue weighted by Crippen LogP contribution is 2.27. The smallest absolute Gasteiger partial charge is 0.136 e. The van der Waals surface area contributed by atoms with Crippen molar-refractivity contribution in [2.45, 2.75) is 12.7 Å². The lowest BCUT2D eigenvalue weighted by Crippen LogP contribution is -2.52. The van der Waals surface area contributed by atoms with Gasteiger partial charge in [0.25, 0.3) is 0 Å². The molecule has 5 heteroatoms. The van der Waals surface area contributed by atoms with Crippen LogP contribution in [0.15, 0.2) is 36.5 Å². The second-order valence-corrected chi connectivity index (χ2v) is 5.10. The lowest BCUT2D eigenvalue weighted by Gasteiger charge is -2.39. The normalized spacial score (nSPS) is 15.1. The van der Waals surface area contributed by atoms with Crippen molar-refractivity contribution in [1.29, 1.82) is 0 Å². The van der Waals surface area contributed by atoms with Gasteiger partial charge in [-0.3, -0.25) is 0 Å². The summed E-state index contributed by atoms with van der Waals surface area (Å²) in [4.78, 5) is 6.49. The van der Waals surface area contributed by atoms with E-state index in [9.17, 15) is 4.39 Å². The molecule has 1 saturated heterocycles. The van der Waals surface area contributed by atoms with E-state index in [2.05, 4.69) is 9.88 Å². The third-order valence-electron chi connectivity index (χ3n) is 3.81. The Labute approximate surface area is 122 Å². The third kappa shape index (κ3) is 2.62. The van der Waals surface area contributed by atoms with Gasteiger partial charge in [-0.15, -0.1) is 0 Å². The molecule has 0 spiro atoms. The molecule has 3 rings (SSSR count). The van der Waals surface area contributed by atoms with Gasteiger partial charge < -0.3 is 14.7 Å². The first-order chi connectivity index (χ1) is 10.2. The van der Waals surface area contributed by atoms with E-state index in [0.717, 1.165) is 18.9 Å².